The van der Waals surface area contributed by atoms with E-state index in [2.05, 4.69) is 27.4 Å². The number of anilines is 1. The normalized spacial score (nSPS) is 10.9. The number of hydrogen-bond donors (Lipinski definition) is 2. The number of pyridine rings is 2. The highest BCUT2D eigenvalue weighted by Crippen LogP contribution is 2.22. The summed E-state index contributed by atoms with van der Waals surface area (Å²) in [6.45, 7) is 0.695. The molecular formula is C22H18ClN3O. The lowest BCUT2D eigenvalue weighted by Gasteiger charge is -2.10. The quantitative estimate of drug-likeness (QED) is 0.521. The van der Waals surface area contributed by atoms with Gasteiger partial charge in [-0.1, -0.05) is 54.1 Å². The lowest BCUT2D eigenvalue weighted by Crippen LogP contribution is -2.13. The maximum atomic E-state index is 13.1. The van der Waals surface area contributed by atoms with Gasteiger partial charge < -0.3 is 10.3 Å². The molecule has 4 rings (SSSR count). The molecule has 0 saturated carbocycles. The molecular weight excluding hydrogens is 358 g/mol. The zero-order valence-electron chi connectivity index (χ0n) is 14.6. The fourth-order valence-electron chi connectivity index (χ4n) is 3.11. The van der Waals surface area contributed by atoms with Crippen LogP contribution in [0.1, 0.15) is 5.56 Å². The van der Waals surface area contributed by atoms with Crippen LogP contribution in [-0.2, 0) is 6.42 Å². The Labute approximate surface area is 161 Å². The van der Waals surface area contributed by atoms with E-state index in [9.17, 15) is 4.79 Å². The molecule has 0 unspecified atom stereocenters. The van der Waals surface area contributed by atoms with Crippen LogP contribution in [0.4, 0.5) is 5.82 Å². The van der Waals surface area contributed by atoms with E-state index >= 15 is 0 Å². The van der Waals surface area contributed by atoms with Gasteiger partial charge in [0.25, 0.3) is 0 Å². The van der Waals surface area contributed by atoms with Gasteiger partial charge in [-0.15, -0.1) is 0 Å². The van der Waals surface area contributed by atoms with Gasteiger partial charge in [-0.3, -0.25) is 4.79 Å². The summed E-state index contributed by atoms with van der Waals surface area (Å²) >= 11 is 5.96. The van der Waals surface area contributed by atoms with Crippen LogP contribution >= 0.6 is 11.6 Å². The van der Waals surface area contributed by atoms with Crippen LogP contribution in [0.15, 0.2) is 77.9 Å². The highest BCUT2D eigenvalue weighted by Gasteiger charge is 2.12. The van der Waals surface area contributed by atoms with Crippen molar-refractivity contribution >= 4 is 28.3 Å². The number of aromatic amines is 1. The van der Waals surface area contributed by atoms with Crippen molar-refractivity contribution in [2.45, 2.75) is 6.42 Å². The summed E-state index contributed by atoms with van der Waals surface area (Å²) in [5.74, 6) is 0.598. The number of H-pyrrole nitrogens is 1. The largest absolute Gasteiger partial charge is 0.369 e. The van der Waals surface area contributed by atoms with Crippen molar-refractivity contribution in [2.24, 2.45) is 0 Å². The van der Waals surface area contributed by atoms with E-state index in [1.165, 1.54) is 5.56 Å². The number of rotatable bonds is 5. The Bertz CT molecular complexity index is 1120. The Morgan fingerprint density at radius 2 is 1.78 bits per heavy atom. The lowest BCUT2D eigenvalue weighted by atomic mass is 10.1. The van der Waals surface area contributed by atoms with E-state index in [4.69, 9.17) is 11.6 Å². The number of nitrogens with one attached hydrogen (secondary N) is 2. The molecule has 2 aromatic heterocycles. The van der Waals surface area contributed by atoms with Gasteiger partial charge in [0.2, 0.25) is 5.43 Å². The van der Waals surface area contributed by atoms with Crippen molar-refractivity contribution in [3.05, 3.63) is 93.9 Å². The molecule has 0 bridgehead atoms. The van der Waals surface area contributed by atoms with Crippen molar-refractivity contribution in [3.63, 3.8) is 0 Å². The lowest BCUT2D eigenvalue weighted by molar-refractivity contribution is 1.01. The minimum absolute atomic E-state index is 0.0543. The predicted molar refractivity (Wildman–Crippen MR) is 111 cm³/mol. The van der Waals surface area contributed by atoms with E-state index in [0.717, 1.165) is 17.5 Å². The second-order valence-electron chi connectivity index (χ2n) is 6.28. The van der Waals surface area contributed by atoms with Crippen molar-refractivity contribution in [2.75, 3.05) is 11.9 Å². The Balaban J connectivity index is 1.67. The molecule has 4 aromatic rings. The Hall–Kier alpha value is -3.11. The standard InChI is InChI=1S/C22H18ClN3O/c23-17-8-6-16(7-9-17)18-14-26-19-11-13-25-22(20(19)21(18)27)24-12-10-15-4-2-1-3-5-15/h1-9,11,13-14H,10,12H2,(H,24,25)(H,26,27). The molecule has 0 radical (unpaired) electrons. The van der Waals surface area contributed by atoms with Crippen molar-refractivity contribution in [3.8, 4) is 11.1 Å². The van der Waals surface area contributed by atoms with Crippen molar-refractivity contribution in [1.29, 1.82) is 0 Å². The summed E-state index contributed by atoms with van der Waals surface area (Å²) in [6, 6.07) is 19.3. The van der Waals surface area contributed by atoms with Gasteiger partial charge in [0, 0.05) is 29.5 Å². The van der Waals surface area contributed by atoms with Gasteiger partial charge in [-0.25, -0.2) is 4.98 Å². The molecule has 2 N–H and O–H groups in total. The average molecular weight is 376 g/mol. The first-order valence-electron chi connectivity index (χ1n) is 8.76. The second-order valence-corrected chi connectivity index (χ2v) is 6.72. The monoisotopic (exact) mass is 375 g/mol. The predicted octanol–water partition coefficient (Wildman–Crippen LogP) is 4.90. The molecule has 0 aliphatic heterocycles. The molecule has 2 aromatic carbocycles. The van der Waals surface area contributed by atoms with Gasteiger partial charge in [0.05, 0.1) is 10.9 Å². The SMILES string of the molecule is O=c1c(-c2ccc(Cl)cc2)c[nH]c2ccnc(NCCc3ccccc3)c12. The highest BCUT2D eigenvalue weighted by atomic mass is 35.5. The molecule has 0 spiro atoms. The molecule has 0 aliphatic carbocycles. The summed E-state index contributed by atoms with van der Waals surface area (Å²) in [6.07, 6.45) is 4.29. The van der Waals surface area contributed by atoms with Gasteiger partial charge in [0.15, 0.2) is 0 Å². The summed E-state index contributed by atoms with van der Waals surface area (Å²) in [4.78, 5) is 20.7. The molecule has 134 valence electrons. The van der Waals surface area contributed by atoms with Crippen LogP contribution in [0.25, 0.3) is 22.0 Å². The van der Waals surface area contributed by atoms with Gasteiger partial charge in [-0.2, -0.15) is 0 Å². The third-order valence-electron chi connectivity index (χ3n) is 4.50. The first-order valence-corrected chi connectivity index (χ1v) is 9.14. The smallest absolute Gasteiger partial charge is 0.200 e. The van der Waals surface area contributed by atoms with Crippen LogP contribution < -0.4 is 10.7 Å². The molecule has 2 heterocycles. The first-order chi connectivity index (χ1) is 13.2. The van der Waals surface area contributed by atoms with Crippen molar-refractivity contribution in [1.82, 2.24) is 9.97 Å². The minimum atomic E-state index is -0.0543. The van der Waals surface area contributed by atoms with E-state index < -0.39 is 0 Å². The third-order valence-corrected chi connectivity index (χ3v) is 4.75. The van der Waals surface area contributed by atoms with Gasteiger partial charge >= 0.3 is 0 Å². The zero-order valence-corrected chi connectivity index (χ0v) is 15.3. The summed E-state index contributed by atoms with van der Waals surface area (Å²) in [5, 5.41) is 4.52. The van der Waals surface area contributed by atoms with Crippen molar-refractivity contribution < 1.29 is 0 Å². The van der Waals surface area contributed by atoms with E-state index in [0.29, 0.717) is 28.3 Å². The maximum absolute atomic E-state index is 13.1. The Morgan fingerprint density at radius 1 is 1.00 bits per heavy atom. The molecule has 5 heteroatoms. The molecule has 0 saturated heterocycles. The highest BCUT2D eigenvalue weighted by molar-refractivity contribution is 6.30. The Kier molecular flexibility index (Phi) is 4.90. The number of benzene rings is 2. The summed E-state index contributed by atoms with van der Waals surface area (Å²) in [5.41, 5.74) is 3.36. The molecule has 0 amide bonds. The second kappa shape index (κ2) is 7.64. The average Bonchev–Trinajstić information content (AvgIpc) is 2.70. The molecule has 4 nitrogen and oxygen atoms in total. The summed E-state index contributed by atoms with van der Waals surface area (Å²) in [7, 11) is 0. The number of nitrogens with zero attached hydrogens (tertiary/aromatic N) is 1. The zero-order chi connectivity index (χ0) is 18.6. The van der Waals surface area contributed by atoms with Crippen LogP contribution in [0.3, 0.4) is 0 Å². The third kappa shape index (κ3) is 3.71. The number of aromatic nitrogens is 2. The molecule has 0 fully saturated rings. The molecule has 0 atom stereocenters. The fourth-order valence-corrected chi connectivity index (χ4v) is 3.24. The minimum Gasteiger partial charge on any atom is -0.369 e. The Morgan fingerprint density at radius 3 is 2.56 bits per heavy atom. The van der Waals surface area contributed by atoms with E-state index in [1.54, 1.807) is 24.5 Å². The molecule has 0 aliphatic rings. The fraction of sp³-hybridized carbons (Fsp3) is 0.0909. The first kappa shape index (κ1) is 17.3. The van der Waals surface area contributed by atoms with Crippen LogP contribution in [0, 0.1) is 0 Å². The van der Waals surface area contributed by atoms with Crippen LogP contribution in [-0.4, -0.2) is 16.5 Å². The van der Waals surface area contributed by atoms with E-state index in [-0.39, 0.29) is 5.43 Å². The number of fused-ring (bicyclic) bond motifs is 1. The number of halogens is 1. The van der Waals surface area contributed by atoms with Gasteiger partial charge in [-0.05, 0) is 35.7 Å². The van der Waals surface area contributed by atoms with E-state index in [1.807, 2.05) is 36.4 Å². The number of hydrogen-bond acceptors (Lipinski definition) is 3. The van der Waals surface area contributed by atoms with Crippen LogP contribution in [0.5, 0.6) is 0 Å². The van der Waals surface area contributed by atoms with Crippen LogP contribution in [0.2, 0.25) is 5.02 Å². The summed E-state index contributed by atoms with van der Waals surface area (Å²) < 4.78 is 0. The van der Waals surface area contributed by atoms with Gasteiger partial charge in [0.1, 0.15) is 5.82 Å². The molecule has 27 heavy (non-hydrogen) atoms. The maximum Gasteiger partial charge on any atom is 0.200 e. The topological polar surface area (TPSA) is 57.8 Å².